The van der Waals surface area contributed by atoms with Crippen LogP contribution in [0.25, 0.3) is 0 Å². The van der Waals surface area contributed by atoms with Gasteiger partial charge in [-0.05, 0) is 6.92 Å². The fraction of sp³-hybridized carbons (Fsp3) is 0.400. The Balaban J connectivity index is 2.57. The summed E-state index contributed by atoms with van der Waals surface area (Å²) in [6.07, 6.45) is 0. The smallest absolute Gasteiger partial charge is 0.329 e. The molecule has 0 spiro atoms. The molecule has 6 nitrogen and oxygen atoms in total. The van der Waals surface area contributed by atoms with Gasteiger partial charge in [0.05, 0.1) is 0 Å². The van der Waals surface area contributed by atoms with E-state index in [-0.39, 0.29) is 12.0 Å². The lowest BCUT2D eigenvalue weighted by Crippen LogP contribution is -2.24. The monoisotopic (exact) mass is 156 g/mol. The van der Waals surface area contributed by atoms with Crippen LogP contribution < -0.4 is 10.6 Å². The van der Waals surface area contributed by atoms with E-state index >= 15 is 0 Å². The first kappa shape index (κ1) is 7.52. The van der Waals surface area contributed by atoms with Gasteiger partial charge in [0.15, 0.2) is 5.82 Å². The summed E-state index contributed by atoms with van der Waals surface area (Å²) >= 11 is 0. The van der Waals surface area contributed by atoms with Gasteiger partial charge in [0, 0.05) is 7.05 Å². The number of urea groups is 1. The molecule has 2 N–H and O–H groups in total. The fourth-order valence-electron chi connectivity index (χ4n) is 0.507. The molecule has 6 heteroatoms. The maximum Gasteiger partial charge on any atom is 0.329 e. The molecule has 0 aliphatic heterocycles. The zero-order chi connectivity index (χ0) is 8.27. The first-order valence-corrected chi connectivity index (χ1v) is 3.01. The summed E-state index contributed by atoms with van der Waals surface area (Å²) in [6.45, 7) is 1.67. The van der Waals surface area contributed by atoms with Gasteiger partial charge < -0.3 is 9.84 Å². The van der Waals surface area contributed by atoms with Crippen molar-refractivity contribution in [2.24, 2.45) is 0 Å². The van der Waals surface area contributed by atoms with Crippen LogP contribution >= 0.6 is 0 Å². The lowest BCUT2D eigenvalue weighted by Gasteiger charge is -1.94. The number of carbonyl (C=O) groups excluding carboxylic acids is 1. The number of aromatic nitrogens is 2. The summed E-state index contributed by atoms with van der Waals surface area (Å²) in [5, 5.41) is 8.14. The van der Waals surface area contributed by atoms with Gasteiger partial charge in [-0.3, -0.25) is 5.32 Å². The Morgan fingerprint density at radius 1 is 1.64 bits per heavy atom. The minimum absolute atomic E-state index is 0.0989. The second-order valence-electron chi connectivity index (χ2n) is 1.85. The highest BCUT2D eigenvalue weighted by Crippen LogP contribution is 2.00. The molecule has 0 fully saturated rings. The summed E-state index contributed by atoms with van der Waals surface area (Å²) in [7, 11) is 1.50. The highest BCUT2D eigenvalue weighted by molar-refractivity contribution is 5.86. The SMILES string of the molecule is CNC(=O)Nc1nc(C)no1. The largest absolute Gasteiger partial charge is 0.341 e. The topological polar surface area (TPSA) is 80.0 Å². The van der Waals surface area contributed by atoms with Crippen molar-refractivity contribution in [3.63, 3.8) is 0 Å². The molecule has 1 aromatic rings. The quantitative estimate of drug-likeness (QED) is 0.605. The number of hydrogen-bond acceptors (Lipinski definition) is 4. The molecule has 0 unspecified atom stereocenters. The zero-order valence-corrected chi connectivity index (χ0v) is 6.21. The summed E-state index contributed by atoms with van der Waals surface area (Å²) in [5.41, 5.74) is 0. The molecule has 0 aromatic carbocycles. The molecule has 11 heavy (non-hydrogen) atoms. The van der Waals surface area contributed by atoms with Gasteiger partial charge in [0.2, 0.25) is 0 Å². The maximum atomic E-state index is 10.6. The molecule has 0 saturated carbocycles. The van der Waals surface area contributed by atoms with E-state index in [0.29, 0.717) is 5.82 Å². The molecule has 60 valence electrons. The fourth-order valence-corrected chi connectivity index (χ4v) is 0.507. The van der Waals surface area contributed by atoms with Crippen molar-refractivity contribution >= 4 is 12.0 Å². The van der Waals surface area contributed by atoms with E-state index in [1.54, 1.807) is 6.92 Å². The summed E-state index contributed by atoms with van der Waals surface area (Å²) in [6, 6.07) is -0.282. The van der Waals surface area contributed by atoms with E-state index in [4.69, 9.17) is 0 Å². The number of carbonyl (C=O) groups is 1. The molecule has 0 bridgehead atoms. The van der Waals surface area contributed by atoms with Crippen LogP contribution in [0.1, 0.15) is 5.82 Å². The molecule has 0 atom stereocenters. The number of rotatable bonds is 1. The van der Waals surface area contributed by atoms with Crippen LogP contribution in [-0.4, -0.2) is 23.2 Å². The van der Waals surface area contributed by atoms with Crippen LogP contribution in [0, 0.1) is 6.92 Å². The van der Waals surface area contributed by atoms with Crippen molar-refractivity contribution in [2.75, 3.05) is 12.4 Å². The molecule has 1 rings (SSSR count). The summed E-state index contributed by atoms with van der Waals surface area (Å²) in [5.74, 6) is 0.483. The molecule has 1 aromatic heterocycles. The molecule has 1 heterocycles. The molecule has 0 saturated heterocycles. The van der Waals surface area contributed by atoms with E-state index in [0.717, 1.165) is 0 Å². The van der Waals surface area contributed by atoms with Crippen molar-refractivity contribution in [1.82, 2.24) is 15.5 Å². The third-order valence-electron chi connectivity index (χ3n) is 0.975. The van der Waals surface area contributed by atoms with E-state index in [1.807, 2.05) is 0 Å². The Morgan fingerprint density at radius 3 is 2.82 bits per heavy atom. The number of nitrogens with zero attached hydrogens (tertiary/aromatic N) is 2. The van der Waals surface area contributed by atoms with E-state index in [9.17, 15) is 4.79 Å². The van der Waals surface area contributed by atoms with E-state index < -0.39 is 0 Å². The molecular formula is C5H8N4O2. The van der Waals surface area contributed by atoms with Gasteiger partial charge in [-0.2, -0.15) is 4.98 Å². The standard InChI is InChI=1S/C5H8N4O2/c1-3-7-5(11-9-3)8-4(10)6-2/h1-2H3,(H2,6,7,8,9,10). The Hall–Kier alpha value is -1.59. The van der Waals surface area contributed by atoms with Crippen LogP contribution in [0.2, 0.25) is 0 Å². The Labute approximate surface area is 63.0 Å². The normalized spacial score (nSPS) is 9.27. The van der Waals surface area contributed by atoms with Crippen LogP contribution in [-0.2, 0) is 0 Å². The Morgan fingerprint density at radius 2 is 2.36 bits per heavy atom. The van der Waals surface area contributed by atoms with Gasteiger partial charge in [-0.25, -0.2) is 4.79 Å². The van der Waals surface area contributed by atoms with Crippen LogP contribution in [0.3, 0.4) is 0 Å². The van der Waals surface area contributed by atoms with Crippen molar-refractivity contribution in [1.29, 1.82) is 0 Å². The number of amides is 2. The average molecular weight is 156 g/mol. The van der Waals surface area contributed by atoms with Crippen LogP contribution in [0.4, 0.5) is 10.8 Å². The van der Waals surface area contributed by atoms with Crippen LogP contribution in [0.15, 0.2) is 4.52 Å². The first-order chi connectivity index (χ1) is 5.22. The minimum Gasteiger partial charge on any atom is -0.341 e. The van der Waals surface area contributed by atoms with Crippen molar-refractivity contribution in [3.8, 4) is 0 Å². The van der Waals surface area contributed by atoms with Gasteiger partial charge in [-0.15, -0.1) is 0 Å². The van der Waals surface area contributed by atoms with E-state index in [1.165, 1.54) is 7.05 Å². The third kappa shape index (κ3) is 1.92. The third-order valence-corrected chi connectivity index (χ3v) is 0.975. The lowest BCUT2D eigenvalue weighted by molar-refractivity contribution is 0.253. The first-order valence-electron chi connectivity index (χ1n) is 3.01. The lowest BCUT2D eigenvalue weighted by atomic mass is 10.7. The van der Waals surface area contributed by atoms with Crippen LogP contribution in [0.5, 0.6) is 0 Å². The predicted molar refractivity (Wildman–Crippen MR) is 37.1 cm³/mol. The highest BCUT2D eigenvalue weighted by atomic mass is 16.5. The molecule has 0 aliphatic carbocycles. The van der Waals surface area contributed by atoms with Gasteiger partial charge in [0.1, 0.15) is 0 Å². The second-order valence-corrected chi connectivity index (χ2v) is 1.85. The number of hydrogen-bond donors (Lipinski definition) is 2. The summed E-state index contributed by atoms with van der Waals surface area (Å²) < 4.78 is 4.60. The molecule has 2 amide bonds. The second kappa shape index (κ2) is 3.00. The van der Waals surface area contributed by atoms with Crippen molar-refractivity contribution in [3.05, 3.63) is 5.82 Å². The number of aryl methyl sites for hydroxylation is 1. The summed E-state index contributed by atoms with van der Waals surface area (Å²) in [4.78, 5) is 14.4. The maximum absolute atomic E-state index is 10.6. The van der Waals surface area contributed by atoms with Crippen molar-refractivity contribution < 1.29 is 9.32 Å². The zero-order valence-electron chi connectivity index (χ0n) is 6.21. The van der Waals surface area contributed by atoms with Gasteiger partial charge in [-0.1, -0.05) is 5.16 Å². The average Bonchev–Trinajstić information content (AvgIpc) is 2.35. The minimum atomic E-state index is -0.381. The predicted octanol–water partition coefficient (Wildman–Crippen LogP) is 0.129. The highest BCUT2D eigenvalue weighted by Gasteiger charge is 2.04. The van der Waals surface area contributed by atoms with Gasteiger partial charge >= 0.3 is 12.0 Å². The van der Waals surface area contributed by atoms with E-state index in [2.05, 4.69) is 25.3 Å². The van der Waals surface area contributed by atoms with Crippen molar-refractivity contribution in [2.45, 2.75) is 6.92 Å². The Kier molecular flexibility index (Phi) is 2.05. The van der Waals surface area contributed by atoms with Gasteiger partial charge in [0.25, 0.3) is 0 Å². The Bertz CT molecular complexity index is 257. The molecule has 0 aliphatic rings. The molecule has 0 radical (unpaired) electrons. The number of nitrogens with one attached hydrogen (secondary N) is 2. The number of anilines is 1. The molecular weight excluding hydrogens is 148 g/mol.